The van der Waals surface area contributed by atoms with E-state index in [-0.39, 0.29) is 0 Å². The molecule has 0 aliphatic heterocycles. The van der Waals surface area contributed by atoms with Crippen LogP contribution in [0.5, 0.6) is 5.75 Å². The van der Waals surface area contributed by atoms with Crippen LogP contribution in [0.1, 0.15) is 6.92 Å². The van der Waals surface area contributed by atoms with Gasteiger partial charge in [0.25, 0.3) is 0 Å². The first-order chi connectivity index (χ1) is 9.83. The van der Waals surface area contributed by atoms with Gasteiger partial charge in [-0.05, 0) is 25.1 Å². The number of anilines is 1. The van der Waals surface area contributed by atoms with Crippen molar-refractivity contribution in [2.75, 3.05) is 18.5 Å². The van der Waals surface area contributed by atoms with E-state index in [1.807, 2.05) is 25.1 Å². The summed E-state index contributed by atoms with van der Waals surface area (Å²) in [5.41, 5.74) is 2.81. The summed E-state index contributed by atoms with van der Waals surface area (Å²) < 4.78 is 5.54. The molecular weight excluding hydrogens is 252 g/mol. The SMILES string of the molecule is C=CCNc1ncnc2c1[nH]c1ccc(OCC)cc12. The molecule has 2 heterocycles. The molecule has 102 valence electrons. The van der Waals surface area contributed by atoms with Gasteiger partial charge in [-0.1, -0.05) is 6.08 Å². The van der Waals surface area contributed by atoms with E-state index in [4.69, 9.17) is 4.74 Å². The molecule has 3 aromatic rings. The Kier molecular flexibility index (Phi) is 3.25. The molecule has 1 aromatic carbocycles. The van der Waals surface area contributed by atoms with Crippen molar-refractivity contribution in [3.8, 4) is 5.75 Å². The number of nitrogens with one attached hydrogen (secondary N) is 2. The van der Waals surface area contributed by atoms with E-state index in [1.165, 1.54) is 0 Å². The minimum absolute atomic E-state index is 0.648. The molecule has 0 radical (unpaired) electrons. The van der Waals surface area contributed by atoms with E-state index in [0.29, 0.717) is 13.2 Å². The second kappa shape index (κ2) is 5.21. The molecule has 0 aliphatic rings. The largest absolute Gasteiger partial charge is 0.494 e. The quantitative estimate of drug-likeness (QED) is 0.698. The van der Waals surface area contributed by atoms with Crippen molar-refractivity contribution < 1.29 is 4.74 Å². The Morgan fingerprint density at radius 1 is 1.40 bits per heavy atom. The molecule has 5 nitrogen and oxygen atoms in total. The molecule has 5 heteroatoms. The van der Waals surface area contributed by atoms with E-state index in [9.17, 15) is 0 Å². The number of nitrogens with zero attached hydrogens (tertiary/aromatic N) is 2. The molecule has 0 bridgehead atoms. The number of benzene rings is 1. The van der Waals surface area contributed by atoms with Crippen LogP contribution in [0.4, 0.5) is 5.82 Å². The van der Waals surface area contributed by atoms with Crippen LogP contribution in [0.2, 0.25) is 0 Å². The van der Waals surface area contributed by atoms with Crippen LogP contribution in [-0.2, 0) is 0 Å². The number of ether oxygens (including phenoxy) is 1. The summed E-state index contributed by atoms with van der Waals surface area (Å²) in [6, 6.07) is 5.95. The van der Waals surface area contributed by atoms with Gasteiger partial charge in [0.15, 0.2) is 5.82 Å². The molecule has 0 atom stereocenters. The molecule has 3 rings (SSSR count). The maximum atomic E-state index is 5.54. The second-order valence-electron chi connectivity index (χ2n) is 4.38. The van der Waals surface area contributed by atoms with Gasteiger partial charge in [0.1, 0.15) is 23.1 Å². The fraction of sp³-hybridized carbons (Fsp3) is 0.200. The lowest BCUT2D eigenvalue weighted by molar-refractivity contribution is 0.341. The molecule has 2 N–H and O–H groups in total. The maximum Gasteiger partial charge on any atom is 0.154 e. The van der Waals surface area contributed by atoms with Gasteiger partial charge < -0.3 is 15.0 Å². The molecular formula is C15H16N4O. The average Bonchev–Trinajstić information content (AvgIpc) is 2.84. The van der Waals surface area contributed by atoms with Gasteiger partial charge in [-0.15, -0.1) is 6.58 Å². The van der Waals surface area contributed by atoms with Crippen molar-refractivity contribution in [3.05, 3.63) is 37.2 Å². The first kappa shape index (κ1) is 12.5. The summed E-state index contributed by atoms with van der Waals surface area (Å²) in [7, 11) is 0. The van der Waals surface area contributed by atoms with Gasteiger partial charge >= 0.3 is 0 Å². The molecule has 0 aliphatic carbocycles. The normalized spacial score (nSPS) is 10.8. The van der Waals surface area contributed by atoms with Gasteiger partial charge in [-0.3, -0.25) is 0 Å². The Morgan fingerprint density at radius 3 is 3.10 bits per heavy atom. The molecule has 0 fully saturated rings. The van der Waals surface area contributed by atoms with Gasteiger partial charge in [-0.2, -0.15) is 0 Å². The van der Waals surface area contributed by atoms with Crippen LogP contribution < -0.4 is 10.1 Å². The summed E-state index contributed by atoms with van der Waals surface area (Å²) in [6.45, 7) is 6.98. The third-order valence-electron chi connectivity index (χ3n) is 3.08. The van der Waals surface area contributed by atoms with Crippen LogP contribution in [0, 0.1) is 0 Å². The molecule has 0 amide bonds. The van der Waals surface area contributed by atoms with Crippen molar-refractivity contribution in [2.24, 2.45) is 0 Å². The van der Waals surface area contributed by atoms with Crippen LogP contribution in [-0.4, -0.2) is 28.1 Å². The molecule has 20 heavy (non-hydrogen) atoms. The van der Waals surface area contributed by atoms with Crippen LogP contribution in [0.15, 0.2) is 37.2 Å². The Hall–Kier alpha value is -2.56. The minimum atomic E-state index is 0.648. The predicted octanol–water partition coefficient (Wildman–Crippen LogP) is 3.11. The smallest absolute Gasteiger partial charge is 0.154 e. The van der Waals surface area contributed by atoms with Gasteiger partial charge in [0.05, 0.1) is 6.61 Å². The lowest BCUT2D eigenvalue weighted by Crippen LogP contribution is -2.01. The molecule has 2 aromatic heterocycles. The fourth-order valence-corrected chi connectivity index (χ4v) is 2.23. The molecule has 0 saturated heterocycles. The van der Waals surface area contributed by atoms with E-state index in [2.05, 4.69) is 26.8 Å². The van der Waals surface area contributed by atoms with Crippen molar-refractivity contribution in [1.29, 1.82) is 0 Å². The Balaban J connectivity index is 2.17. The van der Waals surface area contributed by atoms with E-state index >= 15 is 0 Å². The topological polar surface area (TPSA) is 62.8 Å². The van der Waals surface area contributed by atoms with Crippen molar-refractivity contribution in [3.63, 3.8) is 0 Å². The highest BCUT2D eigenvalue weighted by atomic mass is 16.5. The zero-order valence-electron chi connectivity index (χ0n) is 11.3. The van der Waals surface area contributed by atoms with Gasteiger partial charge in [0.2, 0.25) is 0 Å². The summed E-state index contributed by atoms with van der Waals surface area (Å²) in [5, 5.41) is 4.24. The zero-order valence-corrected chi connectivity index (χ0v) is 11.3. The van der Waals surface area contributed by atoms with E-state index in [0.717, 1.165) is 33.5 Å². The molecule has 0 unspecified atom stereocenters. The Bertz CT molecular complexity index is 763. The first-order valence-electron chi connectivity index (χ1n) is 6.57. The van der Waals surface area contributed by atoms with Crippen molar-refractivity contribution in [1.82, 2.24) is 15.0 Å². The third kappa shape index (κ3) is 2.07. The predicted molar refractivity (Wildman–Crippen MR) is 81.3 cm³/mol. The summed E-state index contributed by atoms with van der Waals surface area (Å²) in [4.78, 5) is 12.0. The van der Waals surface area contributed by atoms with Crippen LogP contribution in [0.3, 0.4) is 0 Å². The third-order valence-corrected chi connectivity index (χ3v) is 3.08. The van der Waals surface area contributed by atoms with E-state index < -0.39 is 0 Å². The zero-order chi connectivity index (χ0) is 13.9. The monoisotopic (exact) mass is 268 g/mol. The lowest BCUT2D eigenvalue weighted by Gasteiger charge is -2.02. The highest BCUT2D eigenvalue weighted by molar-refractivity contribution is 6.08. The standard InChI is InChI=1S/C15H16N4O/c1-3-7-16-15-14-13(17-9-18-15)11-8-10(20-4-2)5-6-12(11)19-14/h3,5-6,8-9,19H,1,4,7H2,2H3,(H,16,17,18). The fourth-order valence-electron chi connectivity index (χ4n) is 2.23. The highest BCUT2D eigenvalue weighted by Gasteiger charge is 2.10. The van der Waals surface area contributed by atoms with Crippen molar-refractivity contribution in [2.45, 2.75) is 6.92 Å². The van der Waals surface area contributed by atoms with Gasteiger partial charge in [0, 0.05) is 17.4 Å². The average molecular weight is 268 g/mol. The number of aromatic nitrogens is 3. The minimum Gasteiger partial charge on any atom is -0.494 e. The lowest BCUT2D eigenvalue weighted by atomic mass is 10.2. The summed E-state index contributed by atoms with van der Waals surface area (Å²) in [5.74, 6) is 1.63. The number of fused-ring (bicyclic) bond motifs is 3. The number of hydrogen-bond donors (Lipinski definition) is 2. The van der Waals surface area contributed by atoms with Gasteiger partial charge in [-0.25, -0.2) is 9.97 Å². The molecule has 0 saturated carbocycles. The first-order valence-corrected chi connectivity index (χ1v) is 6.57. The molecule has 0 spiro atoms. The van der Waals surface area contributed by atoms with Crippen LogP contribution in [0.25, 0.3) is 21.9 Å². The maximum absolute atomic E-state index is 5.54. The number of rotatable bonds is 5. The number of aromatic amines is 1. The summed E-state index contributed by atoms with van der Waals surface area (Å²) in [6.07, 6.45) is 3.36. The van der Waals surface area contributed by atoms with Crippen molar-refractivity contribution >= 4 is 27.8 Å². The number of H-pyrrole nitrogens is 1. The van der Waals surface area contributed by atoms with E-state index in [1.54, 1.807) is 12.4 Å². The second-order valence-corrected chi connectivity index (χ2v) is 4.38. The Morgan fingerprint density at radius 2 is 2.30 bits per heavy atom. The summed E-state index contributed by atoms with van der Waals surface area (Å²) >= 11 is 0. The van der Waals surface area contributed by atoms with Crippen LogP contribution >= 0.6 is 0 Å². The Labute approximate surface area is 116 Å². The highest BCUT2D eigenvalue weighted by Crippen LogP contribution is 2.29. The number of hydrogen-bond acceptors (Lipinski definition) is 4.